The fourth-order valence-corrected chi connectivity index (χ4v) is 1.77. The molecule has 4 nitrogen and oxygen atoms in total. The predicted molar refractivity (Wildman–Crippen MR) is 59.3 cm³/mol. The Morgan fingerprint density at radius 2 is 2.12 bits per heavy atom. The molecule has 0 unspecified atom stereocenters. The van der Waals surface area contributed by atoms with Crippen LogP contribution in [0.3, 0.4) is 0 Å². The summed E-state index contributed by atoms with van der Waals surface area (Å²) < 4.78 is 5.18. The quantitative estimate of drug-likeness (QED) is 0.784. The largest absolute Gasteiger partial charge is 0.415 e. The monoisotopic (exact) mass is 221 g/mol. The van der Waals surface area contributed by atoms with Crippen molar-refractivity contribution in [3.05, 3.63) is 30.3 Å². The first-order chi connectivity index (χ1) is 7.75. The Kier molecular flexibility index (Phi) is 3.41. The molecule has 1 amide bonds. The van der Waals surface area contributed by atoms with Gasteiger partial charge in [-0.05, 0) is 25.0 Å². The predicted octanol–water partition coefficient (Wildman–Crippen LogP) is 1.64. The minimum atomic E-state index is -0.419. The van der Waals surface area contributed by atoms with Crippen LogP contribution in [0.4, 0.5) is 4.79 Å². The van der Waals surface area contributed by atoms with Crippen LogP contribution in [0.5, 0.6) is 5.75 Å². The molecule has 2 rings (SSSR count). The summed E-state index contributed by atoms with van der Waals surface area (Å²) in [7, 11) is 0. The first-order valence-electron chi connectivity index (χ1n) is 5.45. The number of ether oxygens (including phenoxy) is 1. The zero-order chi connectivity index (χ0) is 11.4. The highest BCUT2D eigenvalue weighted by molar-refractivity contribution is 5.70. The van der Waals surface area contributed by atoms with Crippen molar-refractivity contribution in [3.8, 4) is 5.75 Å². The van der Waals surface area contributed by atoms with Gasteiger partial charge in [0.2, 0.25) is 0 Å². The van der Waals surface area contributed by atoms with Gasteiger partial charge in [-0.25, -0.2) is 4.79 Å². The third kappa shape index (κ3) is 2.73. The summed E-state index contributed by atoms with van der Waals surface area (Å²) in [6, 6.07) is 8.96. The number of carbonyl (C=O) groups is 1. The van der Waals surface area contributed by atoms with E-state index in [0.717, 1.165) is 12.8 Å². The summed E-state index contributed by atoms with van der Waals surface area (Å²) in [6.45, 7) is 1.02. The zero-order valence-corrected chi connectivity index (χ0v) is 9.00. The van der Waals surface area contributed by atoms with Crippen LogP contribution in [-0.4, -0.2) is 35.3 Å². The Bertz CT molecular complexity index is 353. The third-order valence-electron chi connectivity index (χ3n) is 2.60. The molecular weight excluding hydrogens is 206 g/mol. The third-order valence-corrected chi connectivity index (χ3v) is 2.60. The molecule has 16 heavy (non-hydrogen) atoms. The highest BCUT2D eigenvalue weighted by Crippen LogP contribution is 2.14. The Morgan fingerprint density at radius 3 is 2.81 bits per heavy atom. The van der Waals surface area contributed by atoms with Gasteiger partial charge in [0, 0.05) is 13.1 Å². The molecule has 1 atom stereocenters. The molecule has 1 heterocycles. The van der Waals surface area contributed by atoms with Gasteiger partial charge in [-0.1, -0.05) is 18.2 Å². The number of rotatable bonds is 1. The number of nitrogens with zero attached hydrogens (tertiary/aromatic N) is 1. The van der Waals surface area contributed by atoms with Crippen LogP contribution in [0.2, 0.25) is 0 Å². The van der Waals surface area contributed by atoms with Gasteiger partial charge >= 0.3 is 6.09 Å². The van der Waals surface area contributed by atoms with Crippen molar-refractivity contribution in [2.75, 3.05) is 13.1 Å². The highest BCUT2D eigenvalue weighted by atomic mass is 16.6. The molecule has 1 fully saturated rings. The number of β-amino-alcohol motifs (C(OH)–C–C–N with tert-alkyl or cyclic N) is 1. The molecular formula is C12H15NO3. The second-order valence-electron chi connectivity index (χ2n) is 3.92. The van der Waals surface area contributed by atoms with E-state index in [1.807, 2.05) is 18.2 Å². The summed E-state index contributed by atoms with van der Waals surface area (Å²) in [5.74, 6) is 0.535. The van der Waals surface area contributed by atoms with Gasteiger partial charge in [0.1, 0.15) is 5.75 Å². The van der Waals surface area contributed by atoms with E-state index < -0.39 is 6.10 Å². The maximum absolute atomic E-state index is 11.7. The molecule has 0 aromatic heterocycles. The average Bonchev–Trinajstić information content (AvgIpc) is 2.30. The lowest BCUT2D eigenvalue weighted by molar-refractivity contribution is 0.0691. The molecule has 1 aliphatic rings. The van der Waals surface area contributed by atoms with Gasteiger partial charge in [-0.15, -0.1) is 0 Å². The Labute approximate surface area is 94.4 Å². The standard InChI is InChI=1S/C12H15NO3/c14-10-5-4-8-13(9-10)12(15)16-11-6-2-1-3-7-11/h1-3,6-7,10,14H,4-5,8-9H2/t10-/m1/s1. The first kappa shape index (κ1) is 11.0. The van der Waals surface area contributed by atoms with Gasteiger partial charge in [0.15, 0.2) is 0 Å². The number of carbonyl (C=O) groups excluding carboxylic acids is 1. The Morgan fingerprint density at radius 1 is 1.38 bits per heavy atom. The summed E-state index contributed by atoms with van der Waals surface area (Å²) in [4.78, 5) is 13.2. The molecule has 1 aliphatic heterocycles. The van der Waals surface area contributed by atoms with Crippen LogP contribution in [0.1, 0.15) is 12.8 Å². The van der Waals surface area contributed by atoms with E-state index in [0.29, 0.717) is 18.8 Å². The van der Waals surface area contributed by atoms with Crippen molar-refractivity contribution in [2.45, 2.75) is 18.9 Å². The summed E-state index contributed by atoms with van der Waals surface area (Å²) in [5, 5.41) is 9.45. The van der Waals surface area contributed by atoms with Gasteiger partial charge in [-0.3, -0.25) is 0 Å². The molecule has 0 radical (unpaired) electrons. The van der Waals surface area contributed by atoms with Gasteiger partial charge in [0.05, 0.1) is 6.10 Å². The Balaban J connectivity index is 1.93. The van der Waals surface area contributed by atoms with Crippen LogP contribution in [0, 0.1) is 0 Å². The molecule has 1 saturated heterocycles. The summed E-state index contributed by atoms with van der Waals surface area (Å²) >= 11 is 0. The number of para-hydroxylation sites is 1. The SMILES string of the molecule is O=C(Oc1ccccc1)N1CCC[C@@H](O)C1. The topological polar surface area (TPSA) is 49.8 Å². The second-order valence-corrected chi connectivity index (χ2v) is 3.92. The maximum atomic E-state index is 11.7. The number of aliphatic hydroxyl groups is 1. The van der Waals surface area contributed by atoms with E-state index in [-0.39, 0.29) is 6.09 Å². The summed E-state index contributed by atoms with van der Waals surface area (Å²) in [6.07, 6.45) is 0.780. The number of benzene rings is 1. The van der Waals surface area contributed by atoms with Crippen molar-refractivity contribution in [3.63, 3.8) is 0 Å². The molecule has 4 heteroatoms. The van der Waals surface area contributed by atoms with Crippen LogP contribution in [0.15, 0.2) is 30.3 Å². The summed E-state index contributed by atoms with van der Waals surface area (Å²) in [5.41, 5.74) is 0. The minimum absolute atomic E-state index is 0.367. The smallest absolute Gasteiger partial charge is 0.410 e. The van der Waals surface area contributed by atoms with Crippen LogP contribution >= 0.6 is 0 Å². The molecule has 1 aromatic carbocycles. The van der Waals surface area contributed by atoms with Crippen molar-refractivity contribution < 1.29 is 14.6 Å². The van der Waals surface area contributed by atoms with Crippen LogP contribution in [-0.2, 0) is 0 Å². The highest BCUT2D eigenvalue weighted by Gasteiger charge is 2.23. The number of likely N-dealkylation sites (tertiary alicyclic amines) is 1. The average molecular weight is 221 g/mol. The van der Waals surface area contributed by atoms with E-state index in [9.17, 15) is 9.90 Å². The molecule has 0 aliphatic carbocycles. The second kappa shape index (κ2) is 4.99. The first-order valence-corrected chi connectivity index (χ1v) is 5.45. The lowest BCUT2D eigenvalue weighted by atomic mass is 10.1. The maximum Gasteiger partial charge on any atom is 0.415 e. The normalized spacial score (nSPS) is 20.6. The van der Waals surface area contributed by atoms with Crippen molar-refractivity contribution in [1.82, 2.24) is 4.90 Å². The van der Waals surface area contributed by atoms with Crippen molar-refractivity contribution in [2.24, 2.45) is 0 Å². The van der Waals surface area contributed by atoms with Crippen LogP contribution < -0.4 is 4.74 Å². The van der Waals surface area contributed by atoms with Gasteiger partial charge in [0.25, 0.3) is 0 Å². The molecule has 0 spiro atoms. The van der Waals surface area contributed by atoms with E-state index in [4.69, 9.17) is 4.74 Å². The van der Waals surface area contributed by atoms with E-state index in [1.165, 1.54) is 0 Å². The number of piperidine rings is 1. The van der Waals surface area contributed by atoms with E-state index >= 15 is 0 Å². The molecule has 0 saturated carbocycles. The number of amides is 1. The molecule has 1 N–H and O–H groups in total. The van der Waals surface area contributed by atoms with Gasteiger partial charge in [-0.2, -0.15) is 0 Å². The number of hydrogen-bond acceptors (Lipinski definition) is 3. The fraction of sp³-hybridized carbons (Fsp3) is 0.417. The van der Waals surface area contributed by atoms with Gasteiger partial charge < -0.3 is 14.7 Å². The van der Waals surface area contributed by atoms with Crippen LogP contribution in [0.25, 0.3) is 0 Å². The van der Waals surface area contributed by atoms with E-state index in [2.05, 4.69) is 0 Å². The minimum Gasteiger partial charge on any atom is -0.410 e. The molecule has 1 aromatic rings. The number of hydrogen-bond donors (Lipinski definition) is 1. The fourth-order valence-electron chi connectivity index (χ4n) is 1.77. The Hall–Kier alpha value is -1.55. The molecule has 0 bridgehead atoms. The van der Waals surface area contributed by atoms with Crippen molar-refractivity contribution in [1.29, 1.82) is 0 Å². The zero-order valence-electron chi connectivity index (χ0n) is 9.00. The van der Waals surface area contributed by atoms with E-state index in [1.54, 1.807) is 17.0 Å². The number of aliphatic hydroxyl groups excluding tert-OH is 1. The van der Waals surface area contributed by atoms with Crippen molar-refractivity contribution >= 4 is 6.09 Å². The molecule has 86 valence electrons. The lowest BCUT2D eigenvalue weighted by Crippen LogP contribution is -2.43. The lowest BCUT2D eigenvalue weighted by Gasteiger charge is -2.29.